The Hall–Kier alpha value is -2.43. The minimum atomic E-state index is 0.367. The number of aliphatic imine (C=N–C) groups is 1. The highest BCUT2D eigenvalue weighted by Crippen LogP contribution is 2.27. The van der Waals surface area contributed by atoms with Crippen LogP contribution in [0.25, 0.3) is 11.1 Å². The van der Waals surface area contributed by atoms with Crippen LogP contribution < -0.4 is 0 Å². The summed E-state index contributed by atoms with van der Waals surface area (Å²) in [5.41, 5.74) is 4.04. The third-order valence-electron chi connectivity index (χ3n) is 3.13. The fourth-order valence-electron chi connectivity index (χ4n) is 2.20. The first-order valence-electron chi connectivity index (χ1n) is 6.59. The number of hydrogen-bond acceptors (Lipinski definition) is 5. The molecule has 0 radical (unpaired) electrons. The smallest absolute Gasteiger partial charge is 0.197 e. The summed E-state index contributed by atoms with van der Waals surface area (Å²) in [6, 6.07) is 8.01. The van der Waals surface area contributed by atoms with Gasteiger partial charge < -0.3 is 0 Å². The quantitative estimate of drug-likeness (QED) is 0.853. The van der Waals surface area contributed by atoms with Crippen molar-refractivity contribution in [2.24, 2.45) is 15.2 Å². The topological polar surface area (TPSA) is 62.9 Å². The molecule has 0 saturated carbocycles. The first-order chi connectivity index (χ1) is 9.75. The van der Waals surface area contributed by atoms with E-state index in [9.17, 15) is 0 Å². The number of hydrogen-bond donors (Lipinski definition) is 0. The van der Waals surface area contributed by atoms with E-state index in [1.807, 2.05) is 24.4 Å². The summed E-state index contributed by atoms with van der Waals surface area (Å²) in [6.07, 6.45) is 3.61. The van der Waals surface area contributed by atoms with Crippen LogP contribution in [0.3, 0.4) is 0 Å². The Bertz CT molecular complexity index is 688. The van der Waals surface area contributed by atoms with E-state index in [4.69, 9.17) is 0 Å². The molecule has 0 spiro atoms. The van der Waals surface area contributed by atoms with E-state index in [1.54, 1.807) is 6.20 Å². The van der Waals surface area contributed by atoms with Gasteiger partial charge in [0.15, 0.2) is 12.5 Å². The molecule has 0 unspecified atom stereocenters. The van der Waals surface area contributed by atoms with Gasteiger partial charge in [-0.3, -0.25) is 9.97 Å². The molecule has 0 saturated heterocycles. The van der Waals surface area contributed by atoms with Crippen LogP contribution in [0.2, 0.25) is 0 Å². The van der Waals surface area contributed by atoms with Crippen molar-refractivity contribution in [3.05, 3.63) is 48.0 Å². The van der Waals surface area contributed by atoms with Crippen molar-refractivity contribution in [3.8, 4) is 11.1 Å². The number of nitrogens with zero attached hydrogens (tertiary/aromatic N) is 5. The second kappa shape index (κ2) is 5.28. The minimum Gasteiger partial charge on any atom is -0.260 e. The Kier molecular flexibility index (Phi) is 3.33. The van der Waals surface area contributed by atoms with Crippen LogP contribution in [0.15, 0.2) is 51.9 Å². The molecule has 0 N–H and O–H groups in total. The first-order valence-corrected chi connectivity index (χ1v) is 6.59. The molecule has 100 valence electrons. The van der Waals surface area contributed by atoms with Crippen LogP contribution in [0, 0.1) is 0 Å². The molecule has 3 heterocycles. The lowest BCUT2D eigenvalue weighted by Crippen LogP contribution is -2.00. The van der Waals surface area contributed by atoms with E-state index < -0.39 is 0 Å². The summed E-state index contributed by atoms with van der Waals surface area (Å²) in [6.45, 7) is 4.68. The van der Waals surface area contributed by atoms with E-state index in [0.717, 1.165) is 22.5 Å². The first kappa shape index (κ1) is 12.6. The van der Waals surface area contributed by atoms with Crippen LogP contribution in [-0.2, 0) is 0 Å². The molecule has 2 aromatic heterocycles. The average Bonchev–Trinajstić information content (AvgIpc) is 3.01. The van der Waals surface area contributed by atoms with Gasteiger partial charge in [-0.15, -0.1) is 5.11 Å². The lowest BCUT2D eigenvalue weighted by molar-refractivity contribution is 0.825. The summed E-state index contributed by atoms with van der Waals surface area (Å²) in [5, 5.41) is 7.85. The van der Waals surface area contributed by atoms with Gasteiger partial charge in [0.1, 0.15) is 5.69 Å². The van der Waals surface area contributed by atoms with Gasteiger partial charge in [-0.1, -0.05) is 19.9 Å². The van der Waals surface area contributed by atoms with Gasteiger partial charge in [0.05, 0.1) is 5.69 Å². The highest BCUT2D eigenvalue weighted by Gasteiger charge is 2.13. The normalized spacial score (nSPS) is 13.8. The van der Waals surface area contributed by atoms with Crippen molar-refractivity contribution in [1.82, 2.24) is 9.97 Å². The molecule has 1 aliphatic rings. The molecule has 2 aromatic rings. The van der Waals surface area contributed by atoms with Crippen LogP contribution in [0.5, 0.6) is 0 Å². The van der Waals surface area contributed by atoms with Crippen LogP contribution in [0.1, 0.15) is 31.2 Å². The Morgan fingerprint density at radius 1 is 1.10 bits per heavy atom. The molecule has 0 amide bonds. The largest absolute Gasteiger partial charge is 0.260 e. The molecule has 0 bridgehead atoms. The van der Waals surface area contributed by atoms with Crippen molar-refractivity contribution in [1.29, 1.82) is 0 Å². The fraction of sp³-hybridized carbons (Fsp3) is 0.267. The van der Waals surface area contributed by atoms with E-state index in [2.05, 4.69) is 45.1 Å². The molecule has 0 fully saturated rings. The molecule has 20 heavy (non-hydrogen) atoms. The maximum atomic E-state index is 4.49. The maximum Gasteiger partial charge on any atom is 0.197 e. The lowest BCUT2D eigenvalue weighted by atomic mass is 9.98. The van der Waals surface area contributed by atoms with Gasteiger partial charge in [0.25, 0.3) is 0 Å². The van der Waals surface area contributed by atoms with Crippen molar-refractivity contribution >= 4 is 5.84 Å². The molecule has 0 aliphatic carbocycles. The molecule has 0 atom stereocenters. The number of rotatable bonds is 3. The Labute approximate surface area is 117 Å². The van der Waals surface area contributed by atoms with Crippen molar-refractivity contribution in [2.45, 2.75) is 19.8 Å². The van der Waals surface area contributed by atoms with E-state index in [0.29, 0.717) is 18.4 Å². The van der Waals surface area contributed by atoms with E-state index >= 15 is 0 Å². The lowest BCUT2D eigenvalue weighted by Gasteiger charge is -2.11. The van der Waals surface area contributed by atoms with Gasteiger partial charge in [0, 0.05) is 18.0 Å². The van der Waals surface area contributed by atoms with Crippen molar-refractivity contribution in [2.75, 3.05) is 6.67 Å². The van der Waals surface area contributed by atoms with Gasteiger partial charge in [-0.25, -0.2) is 4.99 Å². The number of amidine groups is 1. The SMILES string of the molecule is CC(C)c1ncccc1-c1ccnc(C2=NCN=N2)c1. The maximum absolute atomic E-state index is 4.49. The number of pyridine rings is 2. The summed E-state index contributed by atoms with van der Waals surface area (Å²) in [5.74, 6) is 0.966. The molecule has 5 heteroatoms. The van der Waals surface area contributed by atoms with E-state index in [1.165, 1.54) is 0 Å². The van der Waals surface area contributed by atoms with Gasteiger partial charge in [-0.05, 0) is 29.7 Å². The molecule has 0 aromatic carbocycles. The fourth-order valence-corrected chi connectivity index (χ4v) is 2.20. The molecular weight excluding hydrogens is 250 g/mol. The summed E-state index contributed by atoms with van der Waals surface area (Å²) in [7, 11) is 0. The zero-order valence-corrected chi connectivity index (χ0v) is 11.5. The monoisotopic (exact) mass is 265 g/mol. The second-order valence-electron chi connectivity index (χ2n) is 4.89. The molecule has 3 rings (SSSR count). The van der Waals surface area contributed by atoms with Gasteiger partial charge >= 0.3 is 0 Å². The van der Waals surface area contributed by atoms with E-state index in [-0.39, 0.29) is 0 Å². The summed E-state index contributed by atoms with van der Waals surface area (Å²) < 4.78 is 0. The second-order valence-corrected chi connectivity index (χ2v) is 4.89. The Morgan fingerprint density at radius 3 is 2.75 bits per heavy atom. The molecule has 5 nitrogen and oxygen atoms in total. The van der Waals surface area contributed by atoms with Crippen molar-refractivity contribution in [3.63, 3.8) is 0 Å². The van der Waals surface area contributed by atoms with Crippen molar-refractivity contribution < 1.29 is 0 Å². The minimum absolute atomic E-state index is 0.367. The molecular formula is C15H15N5. The Balaban J connectivity index is 2.07. The highest BCUT2D eigenvalue weighted by molar-refractivity contribution is 5.98. The summed E-state index contributed by atoms with van der Waals surface area (Å²) >= 11 is 0. The zero-order chi connectivity index (χ0) is 13.9. The number of aromatic nitrogens is 2. The van der Waals surface area contributed by atoms with Gasteiger partial charge in [-0.2, -0.15) is 5.11 Å². The van der Waals surface area contributed by atoms with Crippen LogP contribution >= 0.6 is 0 Å². The zero-order valence-electron chi connectivity index (χ0n) is 11.5. The summed E-state index contributed by atoms with van der Waals surface area (Å²) in [4.78, 5) is 13.0. The van der Waals surface area contributed by atoms with Gasteiger partial charge in [0.2, 0.25) is 0 Å². The number of azo groups is 1. The predicted molar refractivity (Wildman–Crippen MR) is 77.8 cm³/mol. The average molecular weight is 265 g/mol. The third-order valence-corrected chi connectivity index (χ3v) is 3.13. The standard InChI is InChI=1S/C15H15N5/c1-10(2)14-12(4-3-6-17-14)11-5-7-16-13(8-11)15-18-9-19-20-15/h3-8,10H,9H2,1-2H3. The predicted octanol–water partition coefficient (Wildman–Crippen LogP) is 3.44. The third kappa shape index (κ3) is 2.34. The van der Waals surface area contributed by atoms with Crippen LogP contribution in [-0.4, -0.2) is 22.5 Å². The highest BCUT2D eigenvalue weighted by atomic mass is 15.3. The molecule has 1 aliphatic heterocycles. The Morgan fingerprint density at radius 2 is 2.00 bits per heavy atom. The van der Waals surface area contributed by atoms with Crippen LogP contribution in [0.4, 0.5) is 0 Å².